The Labute approximate surface area is 238 Å². The lowest BCUT2D eigenvalue weighted by molar-refractivity contribution is 0.100. The van der Waals surface area contributed by atoms with Crippen LogP contribution in [-0.4, -0.2) is 36.4 Å². The van der Waals surface area contributed by atoms with Gasteiger partial charge in [0.25, 0.3) is 18.2 Å². The maximum absolute atomic E-state index is 13.8. The fourth-order valence-corrected chi connectivity index (χ4v) is 5.45. The number of carbonyl (C=O) groups is 2. The number of aromatic nitrogens is 5. The Morgan fingerprint density at radius 3 is 2.60 bits per heavy atom. The molecule has 4 heterocycles. The van der Waals surface area contributed by atoms with E-state index < -0.39 is 23.9 Å². The Balaban J connectivity index is 1.52. The molecule has 2 amide bonds. The lowest BCUT2D eigenvalue weighted by atomic mass is 10.0. The van der Waals surface area contributed by atoms with E-state index in [1.807, 2.05) is 26.0 Å². The number of carbonyl (C=O) groups excluding carboxylic acids is 2. The Morgan fingerprint density at radius 1 is 1.20 bits per heavy atom. The summed E-state index contributed by atoms with van der Waals surface area (Å²) in [6.07, 6.45) is 0.271. The normalized spacial score (nSPS) is 11.3. The van der Waals surface area contributed by atoms with Gasteiger partial charge in [-0.2, -0.15) is 10.2 Å². The number of nitrogens with two attached hydrogens (primary N) is 1. The number of hydrogen-bond acceptors (Lipinski definition) is 7. The van der Waals surface area contributed by atoms with Gasteiger partial charge in [-0.15, -0.1) is 11.3 Å². The maximum Gasteiger partial charge on any atom is 0.280 e. The van der Waals surface area contributed by atoms with Gasteiger partial charge in [-0.3, -0.25) is 14.3 Å². The second-order valence-electron chi connectivity index (χ2n) is 8.63. The largest absolute Gasteiger partial charge is 0.471 e. The second kappa shape index (κ2) is 11.1. The molecule has 14 heteroatoms. The standard InChI is InChI=1S/C26H22BrF2N7O3S/c1-3-36-13(2)17(11-31-36)16-10-19(23(28)29)32-26-20(16)21(22(40-26)24(30)37)33-25(38)18-8-9-35(34-18)12-39-15-6-4-14(27)5-7-15/h4-11,23H,3,12H2,1-2H3,(H2,30,37)(H,33,38). The summed E-state index contributed by atoms with van der Waals surface area (Å²) in [4.78, 5) is 29.8. The first-order valence-corrected chi connectivity index (χ1v) is 13.6. The molecule has 0 aliphatic rings. The number of rotatable bonds is 9. The number of primary amides is 1. The summed E-state index contributed by atoms with van der Waals surface area (Å²) >= 11 is 4.19. The monoisotopic (exact) mass is 629 g/mol. The number of alkyl halides is 2. The Hall–Kier alpha value is -4.17. The van der Waals surface area contributed by atoms with Crippen molar-refractivity contribution in [1.82, 2.24) is 24.5 Å². The number of anilines is 1. The summed E-state index contributed by atoms with van der Waals surface area (Å²) in [6, 6.07) is 9.97. The predicted octanol–water partition coefficient (Wildman–Crippen LogP) is 5.77. The van der Waals surface area contributed by atoms with Crippen molar-refractivity contribution in [2.75, 3.05) is 5.32 Å². The fourth-order valence-electron chi connectivity index (χ4n) is 4.17. The summed E-state index contributed by atoms with van der Waals surface area (Å²) in [6.45, 7) is 4.33. The molecule has 0 saturated heterocycles. The van der Waals surface area contributed by atoms with Gasteiger partial charge < -0.3 is 15.8 Å². The first kappa shape index (κ1) is 27.4. The van der Waals surface area contributed by atoms with Crippen LogP contribution in [0.5, 0.6) is 5.75 Å². The quantitative estimate of drug-likeness (QED) is 0.213. The molecule has 1 aromatic carbocycles. The lowest BCUT2D eigenvalue weighted by Gasteiger charge is -2.10. The topological polar surface area (TPSA) is 130 Å². The minimum absolute atomic E-state index is 0.0259. The van der Waals surface area contributed by atoms with Crippen molar-refractivity contribution >= 4 is 55.0 Å². The molecule has 0 fully saturated rings. The van der Waals surface area contributed by atoms with Crippen molar-refractivity contribution < 1.29 is 23.1 Å². The van der Waals surface area contributed by atoms with Gasteiger partial charge in [-0.05, 0) is 55.8 Å². The van der Waals surface area contributed by atoms with Crippen LogP contribution in [0.4, 0.5) is 14.5 Å². The van der Waals surface area contributed by atoms with E-state index in [1.165, 1.54) is 16.8 Å². The minimum atomic E-state index is -2.86. The molecular weight excluding hydrogens is 608 g/mol. The molecule has 0 saturated carbocycles. The van der Waals surface area contributed by atoms with Crippen LogP contribution in [0.3, 0.4) is 0 Å². The third kappa shape index (κ3) is 5.31. The van der Waals surface area contributed by atoms with Crippen molar-refractivity contribution in [3.8, 4) is 16.9 Å². The van der Waals surface area contributed by atoms with Crippen molar-refractivity contribution in [3.05, 3.63) is 75.2 Å². The minimum Gasteiger partial charge on any atom is -0.471 e. The van der Waals surface area contributed by atoms with Crippen LogP contribution in [0.1, 0.15) is 44.9 Å². The van der Waals surface area contributed by atoms with Gasteiger partial charge in [-0.25, -0.2) is 18.4 Å². The Bertz CT molecular complexity index is 1730. The number of aryl methyl sites for hydroxylation is 1. The number of thiophene rings is 1. The van der Waals surface area contributed by atoms with Crippen LogP contribution in [0.2, 0.25) is 0 Å². The van der Waals surface area contributed by atoms with Crippen LogP contribution in [0.25, 0.3) is 21.3 Å². The van der Waals surface area contributed by atoms with Crippen LogP contribution >= 0.6 is 27.3 Å². The van der Waals surface area contributed by atoms with E-state index in [0.717, 1.165) is 21.5 Å². The zero-order valence-electron chi connectivity index (χ0n) is 21.2. The highest BCUT2D eigenvalue weighted by atomic mass is 79.9. The zero-order chi connectivity index (χ0) is 28.6. The van der Waals surface area contributed by atoms with Crippen molar-refractivity contribution in [2.45, 2.75) is 33.5 Å². The van der Waals surface area contributed by atoms with E-state index in [1.54, 1.807) is 29.2 Å². The van der Waals surface area contributed by atoms with Gasteiger partial charge in [0, 0.05) is 33.9 Å². The van der Waals surface area contributed by atoms with E-state index >= 15 is 0 Å². The van der Waals surface area contributed by atoms with Crippen LogP contribution < -0.4 is 15.8 Å². The van der Waals surface area contributed by atoms with E-state index in [-0.39, 0.29) is 27.8 Å². The fraction of sp³-hybridized carbons (Fsp3) is 0.192. The maximum atomic E-state index is 13.8. The molecule has 5 rings (SSSR count). The molecule has 0 aliphatic carbocycles. The number of benzene rings is 1. The van der Waals surface area contributed by atoms with Gasteiger partial charge in [0.15, 0.2) is 12.4 Å². The van der Waals surface area contributed by atoms with Crippen LogP contribution in [0, 0.1) is 6.92 Å². The number of amides is 2. The average Bonchev–Trinajstić information content (AvgIpc) is 3.65. The van der Waals surface area contributed by atoms with Crippen molar-refractivity contribution in [3.63, 3.8) is 0 Å². The third-order valence-electron chi connectivity index (χ3n) is 6.11. The SMILES string of the molecule is CCn1ncc(-c2cc(C(F)F)nc3sc(C(N)=O)c(NC(=O)c4ccn(COc5ccc(Br)cc5)n4)c23)c1C. The molecular formula is C26H22BrF2N7O3S. The number of pyridine rings is 1. The van der Waals surface area contributed by atoms with Gasteiger partial charge in [-0.1, -0.05) is 15.9 Å². The van der Waals surface area contributed by atoms with Gasteiger partial charge in [0.1, 0.15) is 21.2 Å². The molecule has 40 heavy (non-hydrogen) atoms. The molecule has 0 aliphatic heterocycles. The Morgan fingerprint density at radius 2 is 1.95 bits per heavy atom. The van der Waals surface area contributed by atoms with Gasteiger partial charge in [0.05, 0.1) is 11.9 Å². The third-order valence-corrected chi connectivity index (χ3v) is 7.74. The highest BCUT2D eigenvalue weighted by Crippen LogP contribution is 2.43. The second-order valence-corrected chi connectivity index (χ2v) is 10.5. The van der Waals surface area contributed by atoms with E-state index in [9.17, 15) is 18.4 Å². The molecule has 206 valence electrons. The number of hydrogen-bond donors (Lipinski definition) is 2. The van der Waals surface area contributed by atoms with Gasteiger partial charge in [0.2, 0.25) is 0 Å². The summed E-state index contributed by atoms with van der Waals surface area (Å²) in [5, 5.41) is 11.6. The Kier molecular flexibility index (Phi) is 7.63. The molecule has 10 nitrogen and oxygen atoms in total. The molecule has 4 aromatic heterocycles. The summed E-state index contributed by atoms with van der Waals surface area (Å²) in [7, 11) is 0. The highest BCUT2D eigenvalue weighted by Gasteiger charge is 2.27. The van der Waals surface area contributed by atoms with E-state index in [2.05, 4.69) is 36.4 Å². The number of nitrogens with one attached hydrogen (secondary N) is 1. The smallest absolute Gasteiger partial charge is 0.280 e. The summed E-state index contributed by atoms with van der Waals surface area (Å²) < 4.78 is 37.3. The number of halogens is 3. The summed E-state index contributed by atoms with van der Waals surface area (Å²) in [5.74, 6) is -0.850. The molecule has 0 atom stereocenters. The molecule has 0 radical (unpaired) electrons. The van der Waals surface area contributed by atoms with Gasteiger partial charge >= 0.3 is 0 Å². The highest BCUT2D eigenvalue weighted by molar-refractivity contribution is 9.10. The number of fused-ring (bicyclic) bond motifs is 1. The molecule has 0 spiro atoms. The van der Waals surface area contributed by atoms with Crippen molar-refractivity contribution in [2.24, 2.45) is 5.73 Å². The first-order valence-electron chi connectivity index (χ1n) is 12.0. The molecule has 5 aromatic rings. The molecule has 3 N–H and O–H groups in total. The van der Waals surface area contributed by atoms with E-state index in [4.69, 9.17) is 10.5 Å². The van der Waals surface area contributed by atoms with Crippen LogP contribution in [0.15, 0.2) is 53.3 Å². The molecule has 0 bridgehead atoms. The zero-order valence-corrected chi connectivity index (χ0v) is 23.6. The first-order chi connectivity index (χ1) is 19.2. The average molecular weight is 630 g/mol. The number of ether oxygens (including phenoxy) is 1. The molecule has 0 unspecified atom stereocenters. The predicted molar refractivity (Wildman–Crippen MR) is 150 cm³/mol. The lowest BCUT2D eigenvalue weighted by Crippen LogP contribution is -2.18. The summed E-state index contributed by atoms with van der Waals surface area (Å²) in [5.41, 5.74) is 6.93. The number of nitrogens with zero attached hydrogens (tertiary/aromatic N) is 5. The van der Waals surface area contributed by atoms with Crippen molar-refractivity contribution in [1.29, 1.82) is 0 Å². The van der Waals surface area contributed by atoms with E-state index in [0.29, 0.717) is 28.8 Å². The van der Waals surface area contributed by atoms with Crippen LogP contribution in [-0.2, 0) is 13.3 Å².